The normalized spacial score (nSPS) is 51.1. The molecular formula is C12H23NO10. The molecule has 0 radical (unpaired) electrons. The van der Waals surface area contributed by atoms with E-state index in [4.69, 9.17) is 30.2 Å². The van der Waals surface area contributed by atoms with Crippen LogP contribution in [0, 0.1) is 0 Å². The summed E-state index contributed by atoms with van der Waals surface area (Å²) >= 11 is 0. The van der Waals surface area contributed by atoms with E-state index in [1.807, 2.05) is 0 Å². The average Bonchev–Trinajstić information content (AvgIpc) is 2.80. The van der Waals surface area contributed by atoms with Crippen molar-refractivity contribution in [3.63, 3.8) is 0 Å². The molecule has 0 aliphatic carbocycles. The Kier molecular flexibility index (Phi) is 5.92. The van der Waals surface area contributed by atoms with E-state index in [2.05, 4.69) is 0 Å². The van der Waals surface area contributed by atoms with Crippen molar-refractivity contribution in [3.05, 3.63) is 0 Å². The Labute approximate surface area is 131 Å². The Morgan fingerprint density at radius 2 is 1.52 bits per heavy atom. The Morgan fingerprint density at radius 3 is 2.00 bits per heavy atom. The number of aliphatic hydroxyl groups is 7. The zero-order valence-corrected chi connectivity index (χ0v) is 12.2. The first-order valence-corrected chi connectivity index (χ1v) is 7.12. The van der Waals surface area contributed by atoms with Crippen molar-refractivity contribution in [1.29, 1.82) is 0 Å². The highest BCUT2D eigenvalue weighted by Gasteiger charge is 2.58. The van der Waals surface area contributed by atoms with Crippen molar-refractivity contribution < 1.29 is 50.0 Å². The van der Waals surface area contributed by atoms with Gasteiger partial charge in [0.25, 0.3) is 0 Å². The first-order chi connectivity index (χ1) is 10.8. The first-order valence-electron chi connectivity index (χ1n) is 7.12. The molecule has 2 heterocycles. The minimum atomic E-state index is -2.17. The molecule has 2 aliphatic rings. The van der Waals surface area contributed by atoms with Gasteiger partial charge in [-0.25, -0.2) is 0 Å². The second-order valence-corrected chi connectivity index (χ2v) is 5.65. The molecule has 0 saturated carbocycles. The van der Waals surface area contributed by atoms with Crippen molar-refractivity contribution in [2.24, 2.45) is 5.73 Å². The van der Waals surface area contributed by atoms with Gasteiger partial charge in [0.15, 0.2) is 6.29 Å². The van der Waals surface area contributed by atoms with E-state index in [-0.39, 0.29) is 0 Å². The number of hydrogen-bond donors (Lipinski definition) is 8. The third-order valence-corrected chi connectivity index (χ3v) is 4.16. The molecule has 11 heteroatoms. The lowest BCUT2D eigenvalue weighted by Crippen LogP contribution is -2.65. The van der Waals surface area contributed by atoms with Crippen LogP contribution in [0.2, 0.25) is 0 Å². The van der Waals surface area contributed by atoms with Gasteiger partial charge in [-0.15, -0.1) is 0 Å². The van der Waals surface area contributed by atoms with Crippen LogP contribution in [0.3, 0.4) is 0 Å². The molecule has 0 bridgehead atoms. The number of ether oxygens (including phenoxy) is 3. The summed E-state index contributed by atoms with van der Waals surface area (Å²) in [5, 5.41) is 67.3. The molecule has 2 fully saturated rings. The van der Waals surface area contributed by atoms with Gasteiger partial charge in [-0.1, -0.05) is 0 Å². The summed E-state index contributed by atoms with van der Waals surface area (Å²) in [4.78, 5) is 0. The van der Waals surface area contributed by atoms with E-state index in [1.165, 1.54) is 0 Å². The fraction of sp³-hybridized carbons (Fsp3) is 1.00. The van der Waals surface area contributed by atoms with Gasteiger partial charge < -0.3 is 55.7 Å². The molecule has 0 aromatic rings. The smallest absolute Gasteiger partial charge is 0.224 e. The molecular weight excluding hydrogens is 318 g/mol. The molecule has 2 aliphatic heterocycles. The van der Waals surface area contributed by atoms with Crippen LogP contribution in [0.4, 0.5) is 0 Å². The molecule has 11 nitrogen and oxygen atoms in total. The summed E-state index contributed by atoms with van der Waals surface area (Å²) < 4.78 is 15.6. The lowest BCUT2D eigenvalue weighted by Gasteiger charge is -2.43. The number of aliphatic hydroxyl groups excluding tert-OH is 7. The standard InChI is InChI=1S/C12H23NO10/c13-6-7(17)4(1-14)21-11(9(6)19)23-12(3-16)10(20)8(18)5(2-15)22-12/h4-11,14-20H,1-3,13H2/t4-,5-,6-,7-,8-,9-,10+,11-,12+/m1/s1. The second-order valence-electron chi connectivity index (χ2n) is 5.65. The van der Waals surface area contributed by atoms with Crippen LogP contribution in [0.1, 0.15) is 0 Å². The molecule has 0 aromatic heterocycles. The largest absolute Gasteiger partial charge is 0.394 e. The predicted molar refractivity (Wildman–Crippen MR) is 70.6 cm³/mol. The Balaban J connectivity index is 2.18. The third kappa shape index (κ3) is 3.23. The van der Waals surface area contributed by atoms with Gasteiger partial charge in [0.1, 0.15) is 43.2 Å². The van der Waals surface area contributed by atoms with E-state index >= 15 is 0 Å². The van der Waals surface area contributed by atoms with Crippen LogP contribution in [0.25, 0.3) is 0 Å². The first kappa shape index (κ1) is 18.9. The van der Waals surface area contributed by atoms with E-state index in [9.17, 15) is 25.5 Å². The molecule has 0 unspecified atom stereocenters. The molecule has 9 N–H and O–H groups in total. The van der Waals surface area contributed by atoms with Crippen molar-refractivity contribution in [2.45, 2.75) is 54.7 Å². The van der Waals surface area contributed by atoms with Gasteiger partial charge in [0.2, 0.25) is 5.79 Å². The SMILES string of the molecule is N[C@H]1[C@@H](O)[C@@H](O[C@]2(CO)O[C@H](CO)[C@@H](O)[C@@H]2O)O[C@H](CO)[C@H]1O. The van der Waals surface area contributed by atoms with Crippen molar-refractivity contribution in [3.8, 4) is 0 Å². The lowest BCUT2D eigenvalue weighted by atomic mass is 9.97. The molecule has 136 valence electrons. The number of nitrogens with two attached hydrogens (primary N) is 1. The Morgan fingerprint density at radius 1 is 0.913 bits per heavy atom. The minimum absolute atomic E-state index is 0.612. The van der Waals surface area contributed by atoms with Gasteiger partial charge in [0.05, 0.1) is 19.3 Å². The Bertz CT molecular complexity index is 398. The predicted octanol–water partition coefficient (Wildman–Crippen LogP) is -5.43. The molecule has 23 heavy (non-hydrogen) atoms. The topological polar surface area (TPSA) is 195 Å². The summed E-state index contributed by atoms with van der Waals surface area (Å²) in [6, 6.07) is -1.22. The van der Waals surface area contributed by atoms with E-state index in [0.717, 1.165) is 0 Å². The monoisotopic (exact) mass is 341 g/mol. The van der Waals surface area contributed by atoms with Gasteiger partial charge in [0, 0.05) is 0 Å². The van der Waals surface area contributed by atoms with Crippen molar-refractivity contribution >= 4 is 0 Å². The molecule has 2 saturated heterocycles. The molecule has 9 atom stereocenters. The fourth-order valence-electron chi connectivity index (χ4n) is 2.68. The number of hydrogen-bond acceptors (Lipinski definition) is 11. The van der Waals surface area contributed by atoms with Crippen molar-refractivity contribution in [1.82, 2.24) is 0 Å². The maximum atomic E-state index is 10.0. The highest BCUT2D eigenvalue weighted by Crippen LogP contribution is 2.35. The van der Waals surface area contributed by atoms with E-state index in [0.29, 0.717) is 0 Å². The van der Waals surface area contributed by atoms with Gasteiger partial charge in [-0.3, -0.25) is 0 Å². The van der Waals surface area contributed by atoms with Crippen LogP contribution in [-0.4, -0.2) is 110 Å². The van der Waals surface area contributed by atoms with Gasteiger partial charge in [-0.05, 0) is 0 Å². The average molecular weight is 341 g/mol. The summed E-state index contributed by atoms with van der Waals surface area (Å²) in [6.45, 7) is -2.18. The highest BCUT2D eigenvalue weighted by molar-refractivity contribution is 4.99. The molecule has 0 aromatic carbocycles. The molecule has 2 rings (SSSR count). The zero-order chi connectivity index (χ0) is 17.4. The van der Waals surface area contributed by atoms with Crippen LogP contribution < -0.4 is 5.73 Å². The quantitative estimate of drug-likeness (QED) is 0.238. The second kappa shape index (κ2) is 7.21. The molecule has 0 spiro atoms. The number of rotatable bonds is 5. The maximum absolute atomic E-state index is 10.0. The van der Waals surface area contributed by atoms with Crippen LogP contribution >= 0.6 is 0 Å². The Hall–Kier alpha value is -0.440. The van der Waals surface area contributed by atoms with Crippen LogP contribution in [0.5, 0.6) is 0 Å². The van der Waals surface area contributed by atoms with Crippen molar-refractivity contribution in [2.75, 3.05) is 19.8 Å². The maximum Gasteiger partial charge on any atom is 0.224 e. The lowest BCUT2D eigenvalue weighted by molar-refractivity contribution is -0.374. The van der Waals surface area contributed by atoms with Crippen LogP contribution in [-0.2, 0) is 14.2 Å². The fourth-order valence-corrected chi connectivity index (χ4v) is 2.68. The van der Waals surface area contributed by atoms with E-state index in [1.54, 1.807) is 0 Å². The van der Waals surface area contributed by atoms with Gasteiger partial charge >= 0.3 is 0 Å². The third-order valence-electron chi connectivity index (χ3n) is 4.16. The minimum Gasteiger partial charge on any atom is -0.394 e. The summed E-state index contributed by atoms with van der Waals surface area (Å²) in [6.07, 6.45) is -10.1. The highest BCUT2D eigenvalue weighted by atomic mass is 16.8. The van der Waals surface area contributed by atoms with E-state index < -0.39 is 74.6 Å². The zero-order valence-electron chi connectivity index (χ0n) is 12.2. The summed E-state index contributed by atoms with van der Waals surface area (Å²) in [5.41, 5.74) is 5.63. The van der Waals surface area contributed by atoms with Crippen LogP contribution in [0.15, 0.2) is 0 Å². The summed E-state index contributed by atoms with van der Waals surface area (Å²) in [5.74, 6) is -2.17. The molecule has 0 amide bonds. The van der Waals surface area contributed by atoms with Gasteiger partial charge in [-0.2, -0.15) is 0 Å². The summed E-state index contributed by atoms with van der Waals surface area (Å²) in [7, 11) is 0.